The summed E-state index contributed by atoms with van der Waals surface area (Å²) in [5.41, 5.74) is 9.30. The number of hydrogen-bond acceptors (Lipinski definition) is 3. The summed E-state index contributed by atoms with van der Waals surface area (Å²) in [4.78, 5) is 10.3. The van der Waals surface area contributed by atoms with Crippen molar-refractivity contribution in [3.63, 3.8) is 0 Å². The maximum atomic E-state index is 5.62. The number of aryl methyl sites for hydroxylation is 1. The summed E-state index contributed by atoms with van der Waals surface area (Å²) in [6, 6.07) is 6.66. The van der Waals surface area contributed by atoms with Crippen LogP contribution in [0.3, 0.4) is 0 Å². The van der Waals surface area contributed by atoms with Gasteiger partial charge in [0.2, 0.25) is 0 Å². The van der Waals surface area contributed by atoms with Crippen LogP contribution in [0.1, 0.15) is 30.1 Å². The Morgan fingerprint density at radius 2 is 2.16 bits per heavy atom. The van der Waals surface area contributed by atoms with Crippen LogP contribution in [-0.2, 0) is 0 Å². The third-order valence-electron chi connectivity index (χ3n) is 4.13. The van der Waals surface area contributed by atoms with Gasteiger partial charge in [0.15, 0.2) is 0 Å². The zero-order chi connectivity index (χ0) is 13.2. The molecule has 4 nitrogen and oxygen atoms in total. The molecule has 0 atom stereocenters. The van der Waals surface area contributed by atoms with Crippen LogP contribution in [0.4, 0.5) is 0 Å². The van der Waals surface area contributed by atoms with Crippen LogP contribution in [0.25, 0.3) is 11.0 Å². The first kappa shape index (κ1) is 12.6. The van der Waals surface area contributed by atoms with E-state index in [1.807, 2.05) is 6.92 Å². The van der Waals surface area contributed by atoms with E-state index in [-0.39, 0.29) is 0 Å². The van der Waals surface area contributed by atoms with E-state index >= 15 is 0 Å². The largest absolute Gasteiger partial charge is 0.342 e. The Labute approximate surface area is 114 Å². The van der Waals surface area contributed by atoms with Crippen molar-refractivity contribution >= 4 is 11.0 Å². The second-order valence-electron chi connectivity index (χ2n) is 5.50. The first-order valence-electron chi connectivity index (χ1n) is 7.15. The fourth-order valence-corrected chi connectivity index (χ4v) is 3.08. The Morgan fingerprint density at radius 1 is 1.37 bits per heavy atom. The van der Waals surface area contributed by atoms with Crippen molar-refractivity contribution in [3.05, 3.63) is 29.6 Å². The fraction of sp³-hybridized carbons (Fsp3) is 0.533. The zero-order valence-corrected chi connectivity index (χ0v) is 11.5. The van der Waals surface area contributed by atoms with Gasteiger partial charge in [0, 0.05) is 13.1 Å². The standard InChI is InChI=1S/C15H22N4/c1-11-17-14-3-2-13(10-15(14)18-11)12-4-7-19(8-5-12)9-6-16/h2-3,10,12H,4-9,16H2,1H3,(H,17,18). The molecule has 0 unspecified atom stereocenters. The minimum Gasteiger partial charge on any atom is -0.342 e. The number of H-pyrrole nitrogens is 1. The van der Waals surface area contributed by atoms with Crippen LogP contribution in [0.15, 0.2) is 18.2 Å². The Bertz CT molecular complexity index is 552. The predicted octanol–water partition coefficient (Wildman–Crippen LogP) is 2.01. The smallest absolute Gasteiger partial charge is 0.104 e. The van der Waals surface area contributed by atoms with Crippen LogP contribution in [-0.4, -0.2) is 41.0 Å². The zero-order valence-electron chi connectivity index (χ0n) is 11.5. The van der Waals surface area contributed by atoms with Crippen LogP contribution >= 0.6 is 0 Å². The molecule has 0 saturated carbocycles. The van der Waals surface area contributed by atoms with Crippen molar-refractivity contribution in [1.29, 1.82) is 0 Å². The summed E-state index contributed by atoms with van der Waals surface area (Å²) >= 11 is 0. The summed E-state index contributed by atoms with van der Waals surface area (Å²) in [7, 11) is 0. The topological polar surface area (TPSA) is 57.9 Å². The number of aromatic amines is 1. The lowest BCUT2D eigenvalue weighted by Crippen LogP contribution is -2.36. The first-order valence-corrected chi connectivity index (χ1v) is 7.15. The van der Waals surface area contributed by atoms with Gasteiger partial charge in [0.25, 0.3) is 0 Å². The number of nitrogens with one attached hydrogen (secondary N) is 1. The van der Waals surface area contributed by atoms with E-state index in [1.165, 1.54) is 37.0 Å². The minimum absolute atomic E-state index is 0.682. The maximum Gasteiger partial charge on any atom is 0.104 e. The summed E-state index contributed by atoms with van der Waals surface area (Å²) < 4.78 is 0. The highest BCUT2D eigenvalue weighted by Crippen LogP contribution is 2.29. The van der Waals surface area contributed by atoms with Crippen LogP contribution in [0, 0.1) is 6.92 Å². The highest BCUT2D eigenvalue weighted by atomic mass is 15.1. The lowest BCUT2D eigenvalue weighted by molar-refractivity contribution is 0.218. The molecule has 0 aliphatic carbocycles. The number of hydrogen-bond donors (Lipinski definition) is 2. The number of rotatable bonds is 3. The predicted molar refractivity (Wildman–Crippen MR) is 78.3 cm³/mol. The number of piperidine rings is 1. The highest BCUT2D eigenvalue weighted by molar-refractivity contribution is 5.76. The van der Waals surface area contributed by atoms with Crippen molar-refractivity contribution < 1.29 is 0 Å². The van der Waals surface area contributed by atoms with Gasteiger partial charge in [-0.2, -0.15) is 0 Å². The second kappa shape index (κ2) is 5.31. The van der Waals surface area contributed by atoms with Crippen molar-refractivity contribution in [1.82, 2.24) is 14.9 Å². The van der Waals surface area contributed by atoms with E-state index in [2.05, 4.69) is 33.1 Å². The molecular weight excluding hydrogens is 236 g/mol. The Hall–Kier alpha value is -1.39. The number of nitrogens with zero attached hydrogens (tertiary/aromatic N) is 2. The molecule has 3 rings (SSSR count). The lowest BCUT2D eigenvalue weighted by Gasteiger charge is -2.31. The highest BCUT2D eigenvalue weighted by Gasteiger charge is 2.20. The summed E-state index contributed by atoms with van der Waals surface area (Å²) in [6.45, 7) is 6.14. The van der Waals surface area contributed by atoms with E-state index in [9.17, 15) is 0 Å². The number of fused-ring (bicyclic) bond motifs is 1. The van der Waals surface area contributed by atoms with Crippen molar-refractivity contribution in [2.75, 3.05) is 26.2 Å². The maximum absolute atomic E-state index is 5.62. The van der Waals surface area contributed by atoms with Crippen LogP contribution < -0.4 is 5.73 Å². The van der Waals surface area contributed by atoms with E-state index in [1.54, 1.807) is 0 Å². The fourth-order valence-electron chi connectivity index (χ4n) is 3.08. The van der Waals surface area contributed by atoms with E-state index in [4.69, 9.17) is 5.73 Å². The number of likely N-dealkylation sites (tertiary alicyclic amines) is 1. The van der Waals surface area contributed by atoms with Gasteiger partial charge in [-0.1, -0.05) is 6.07 Å². The molecule has 1 saturated heterocycles. The van der Waals surface area contributed by atoms with Crippen molar-refractivity contribution in [3.8, 4) is 0 Å². The SMILES string of the molecule is Cc1nc2ccc(C3CCN(CCN)CC3)cc2[nH]1. The van der Waals surface area contributed by atoms with Gasteiger partial charge in [-0.15, -0.1) is 0 Å². The van der Waals surface area contributed by atoms with Crippen molar-refractivity contribution in [2.24, 2.45) is 5.73 Å². The van der Waals surface area contributed by atoms with E-state index in [0.717, 1.165) is 24.4 Å². The van der Waals surface area contributed by atoms with Crippen molar-refractivity contribution in [2.45, 2.75) is 25.7 Å². The molecule has 1 aromatic heterocycles. The van der Waals surface area contributed by atoms with E-state index in [0.29, 0.717) is 5.92 Å². The minimum atomic E-state index is 0.682. The molecule has 0 amide bonds. The second-order valence-corrected chi connectivity index (χ2v) is 5.50. The molecule has 1 aliphatic heterocycles. The number of benzene rings is 1. The van der Waals surface area contributed by atoms with E-state index < -0.39 is 0 Å². The Kier molecular flexibility index (Phi) is 3.53. The molecule has 1 fully saturated rings. The van der Waals surface area contributed by atoms with Gasteiger partial charge in [-0.25, -0.2) is 4.98 Å². The molecule has 102 valence electrons. The van der Waals surface area contributed by atoms with Gasteiger partial charge in [0.05, 0.1) is 11.0 Å². The molecule has 1 aliphatic rings. The molecule has 1 aromatic carbocycles. The lowest BCUT2D eigenvalue weighted by atomic mass is 9.89. The third kappa shape index (κ3) is 2.65. The molecule has 19 heavy (non-hydrogen) atoms. The van der Waals surface area contributed by atoms with Gasteiger partial charge in [-0.05, 0) is 56.5 Å². The van der Waals surface area contributed by atoms with Gasteiger partial charge in [-0.3, -0.25) is 0 Å². The molecule has 2 heterocycles. The summed E-state index contributed by atoms with van der Waals surface area (Å²) in [5, 5.41) is 0. The molecule has 3 N–H and O–H groups in total. The summed E-state index contributed by atoms with van der Waals surface area (Å²) in [6.07, 6.45) is 2.47. The molecular formula is C15H22N4. The molecule has 4 heteroatoms. The van der Waals surface area contributed by atoms with Crippen LogP contribution in [0.5, 0.6) is 0 Å². The molecule has 2 aromatic rings. The average molecular weight is 258 g/mol. The average Bonchev–Trinajstić information content (AvgIpc) is 2.79. The molecule has 0 spiro atoms. The monoisotopic (exact) mass is 258 g/mol. The summed E-state index contributed by atoms with van der Waals surface area (Å²) in [5.74, 6) is 1.67. The molecule has 0 radical (unpaired) electrons. The number of nitrogens with two attached hydrogens (primary N) is 1. The van der Waals surface area contributed by atoms with Crippen LogP contribution in [0.2, 0.25) is 0 Å². The van der Waals surface area contributed by atoms with Gasteiger partial charge >= 0.3 is 0 Å². The van der Waals surface area contributed by atoms with Gasteiger partial charge in [0.1, 0.15) is 5.82 Å². The van der Waals surface area contributed by atoms with Gasteiger partial charge < -0.3 is 15.6 Å². The number of aromatic nitrogens is 2. The number of imidazole rings is 1. The Morgan fingerprint density at radius 3 is 2.89 bits per heavy atom. The normalized spacial score (nSPS) is 18.2. The Balaban J connectivity index is 1.74. The molecule has 0 bridgehead atoms. The quantitative estimate of drug-likeness (QED) is 0.885. The third-order valence-corrected chi connectivity index (χ3v) is 4.13. The first-order chi connectivity index (χ1) is 9.26.